The summed E-state index contributed by atoms with van der Waals surface area (Å²) in [5.41, 5.74) is 0.390. The first-order valence-corrected chi connectivity index (χ1v) is 9.36. The molecule has 0 N–H and O–H groups in total. The van der Waals surface area contributed by atoms with Crippen molar-refractivity contribution in [1.29, 1.82) is 0 Å². The molecule has 0 saturated heterocycles. The van der Waals surface area contributed by atoms with Crippen LogP contribution in [0.2, 0.25) is 0 Å². The monoisotopic (exact) mass is 456 g/mol. The molecule has 0 saturated carbocycles. The van der Waals surface area contributed by atoms with Gasteiger partial charge in [-0.15, -0.1) is 0 Å². The number of hydrogen-bond donors (Lipinski definition) is 0. The second-order valence-electron chi connectivity index (χ2n) is 6.58. The zero-order chi connectivity index (χ0) is 23.8. The summed E-state index contributed by atoms with van der Waals surface area (Å²) < 4.78 is 76.0. The Morgan fingerprint density at radius 1 is 0.594 bits per heavy atom. The van der Waals surface area contributed by atoms with Crippen LogP contribution in [0.15, 0.2) is 70.6 Å². The van der Waals surface area contributed by atoms with Gasteiger partial charge in [0.2, 0.25) is 11.6 Å². The Kier molecular flexibility index (Phi) is 8.45. The maximum absolute atomic E-state index is 12.7. The third-order valence-corrected chi connectivity index (χ3v) is 4.21. The summed E-state index contributed by atoms with van der Waals surface area (Å²) in [4.78, 5) is 30.9. The number of aliphatic imine (C=N–C) groups is 2. The van der Waals surface area contributed by atoms with Crippen molar-refractivity contribution in [2.75, 3.05) is 13.1 Å². The summed E-state index contributed by atoms with van der Waals surface area (Å²) in [6.07, 6.45) is -12.0. The smallest absolute Gasteiger partial charge is 0.289 e. The van der Waals surface area contributed by atoms with Crippen LogP contribution in [0.5, 0.6) is 0 Å². The highest BCUT2D eigenvalue weighted by Gasteiger charge is 2.39. The minimum atomic E-state index is -5.02. The lowest BCUT2D eigenvalue weighted by Gasteiger charge is -2.10. The van der Waals surface area contributed by atoms with Crippen molar-refractivity contribution < 1.29 is 35.9 Å². The van der Waals surface area contributed by atoms with Crippen molar-refractivity contribution in [3.05, 3.63) is 71.8 Å². The standard InChI is InChI=1S/C22H18F6N2O2/c23-21(24,25)19(31)13-17(15-7-3-1-4-8-15)29-11-12-30-18(14-20(32)22(26,27)28)16-9-5-2-6-10-16/h1-10H,11-14H2. The summed E-state index contributed by atoms with van der Waals surface area (Å²) in [7, 11) is 0. The molecule has 2 rings (SSSR count). The van der Waals surface area contributed by atoms with Gasteiger partial charge in [-0.1, -0.05) is 60.7 Å². The SMILES string of the molecule is O=C(CC(=NCCN=C(CC(=O)C(F)(F)F)c1ccccc1)c1ccccc1)C(F)(F)F. The van der Waals surface area contributed by atoms with Crippen molar-refractivity contribution >= 4 is 23.0 Å². The first-order valence-electron chi connectivity index (χ1n) is 9.36. The minimum Gasteiger partial charge on any atom is -0.289 e. The Bertz CT molecular complexity index is 899. The van der Waals surface area contributed by atoms with Gasteiger partial charge in [-0.05, 0) is 11.1 Å². The average Bonchev–Trinajstić information content (AvgIpc) is 2.74. The van der Waals surface area contributed by atoms with Crippen molar-refractivity contribution in [3.63, 3.8) is 0 Å². The minimum absolute atomic E-state index is 0.115. The van der Waals surface area contributed by atoms with E-state index in [1.54, 1.807) is 36.4 Å². The van der Waals surface area contributed by atoms with Gasteiger partial charge >= 0.3 is 12.4 Å². The molecule has 10 heteroatoms. The lowest BCUT2D eigenvalue weighted by atomic mass is 10.0. The first-order chi connectivity index (χ1) is 15.0. The van der Waals surface area contributed by atoms with Crippen LogP contribution in [0, 0.1) is 0 Å². The molecule has 0 aliphatic heterocycles. The van der Waals surface area contributed by atoms with Crippen LogP contribution in [-0.4, -0.2) is 48.4 Å². The van der Waals surface area contributed by atoms with E-state index in [1.807, 2.05) is 0 Å². The average molecular weight is 456 g/mol. The van der Waals surface area contributed by atoms with Gasteiger partial charge in [0.15, 0.2) is 0 Å². The molecule has 0 atom stereocenters. The van der Waals surface area contributed by atoms with Gasteiger partial charge in [-0.3, -0.25) is 19.6 Å². The van der Waals surface area contributed by atoms with E-state index >= 15 is 0 Å². The molecule has 2 aromatic rings. The van der Waals surface area contributed by atoms with Gasteiger partial charge in [-0.2, -0.15) is 26.3 Å². The second-order valence-corrected chi connectivity index (χ2v) is 6.58. The molecule has 0 aromatic heterocycles. The van der Waals surface area contributed by atoms with Gasteiger partial charge in [-0.25, -0.2) is 0 Å². The highest BCUT2D eigenvalue weighted by atomic mass is 19.4. The number of carbonyl (C=O) groups is 2. The highest BCUT2D eigenvalue weighted by molar-refractivity contribution is 6.13. The third kappa shape index (κ3) is 7.75. The van der Waals surface area contributed by atoms with Crippen LogP contribution in [0.1, 0.15) is 24.0 Å². The summed E-state index contributed by atoms with van der Waals surface area (Å²) >= 11 is 0. The van der Waals surface area contributed by atoms with E-state index in [9.17, 15) is 35.9 Å². The zero-order valence-corrected chi connectivity index (χ0v) is 16.6. The Labute approximate surface area is 179 Å². The van der Waals surface area contributed by atoms with Crippen LogP contribution < -0.4 is 0 Å². The maximum Gasteiger partial charge on any atom is 0.450 e. The Morgan fingerprint density at radius 3 is 1.19 bits per heavy atom. The molecule has 0 fully saturated rings. The molecule has 2 aromatic carbocycles. The van der Waals surface area contributed by atoms with Crippen LogP contribution >= 0.6 is 0 Å². The number of rotatable bonds is 9. The van der Waals surface area contributed by atoms with Gasteiger partial charge in [0.25, 0.3) is 0 Å². The van der Waals surface area contributed by atoms with E-state index in [2.05, 4.69) is 9.98 Å². The van der Waals surface area contributed by atoms with Crippen molar-refractivity contribution in [3.8, 4) is 0 Å². The summed E-state index contributed by atoms with van der Waals surface area (Å²) in [5, 5.41) is 0. The number of ketones is 2. The highest BCUT2D eigenvalue weighted by Crippen LogP contribution is 2.21. The van der Waals surface area contributed by atoms with E-state index in [1.165, 1.54) is 24.3 Å². The lowest BCUT2D eigenvalue weighted by molar-refractivity contribution is -0.169. The number of alkyl halides is 6. The fraction of sp³-hybridized carbons (Fsp3) is 0.273. The van der Waals surface area contributed by atoms with Gasteiger partial charge in [0.05, 0.1) is 25.9 Å². The molecule has 0 bridgehead atoms. The fourth-order valence-electron chi connectivity index (χ4n) is 2.63. The molecule has 32 heavy (non-hydrogen) atoms. The Hall–Kier alpha value is -3.30. The molecule has 0 spiro atoms. The van der Waals surface area contributed by atoms with Crippen molar-refractivity contribution in [2.24, 2.45) is 9.98 Å². The van der Waals surface area contributed by atoms with Crippen LogP contribution in [-0.2, 0) is 9.59 Å². The molecule has 0 radical (unpaired) electrons. The predicted octanol–water partition coefficient (Wildman–Crippen LogP) is 5.01. The number of nitrogens with zero attached hydrogens (tertiary/aromatic N) is 2. The normalized spacial score (nSPS) is 13.2. The molecular weight excluding hydrogens is 438 g/mol. The molecule has 0 aliphatic carbocycles. The molecular formula is C22H18F6N2O2. The quantitative estimate of drug-likeness (QED) is 0.303. The second kappa shape index (κ2) is 10.8. The summed E-state index contributed by atoms with van der Waals surface area (Å²) in [6, 6.07) is 15.5. The molecule has 0 unspecified atom stereocenters. The largest absolute Gasteiger partial charge is 0.450 e. The van der Waals surface area contributed by atoms with Crippen LogP contribution in [0.4, 0.5) is 26.3 Å². The van der Waals surface area contributed by atoms with E-state index in [0.717, 1.165) is 0 Å². The Morgan fingerprint density at radius 2 is 0.906 bits per heavy atom. The zero-order valence-electron chi connectivity index (χ0n) is 16.6. The summed E-state index contributed by atoms with van der Waals surface area (Å²) in [5.74, 6) is -3.94. The van der Waals surface area contributed by atoms with E-state index in [-0.39, 0.29) is 24.5 Å². The van der Waals surface area contributed by atoms with Gasteiger partial charge in [0, 0.05) is 11.4 Å². The Balaban J connectivity index is 2.22. The molecule has 170 valence electrons. The third-order valence-electron chi connectivity index (χ3n) is 4.21. The first kappa shape index (κ1) is 25.0. The van der Waals surface area contributed by atoms with E-state index in [0.29, 0.717) is 11.1 Å². The van der Waals surface area contributed by atoms with Crippen molar-refractivity contribution in [2.45, 2.75) is 25.2 Å². The van der Waals surface area contributed by atoms with Gasteiger partial charge < -0.3 is 0 Å². The fourth-order valence-corrected chi connectivity index (χ4v) is 2.63. The number of Topliss-reactive ketones (excluding diaryl/α,β-unsaturated/α-hetero) is 2. The van der Waals surface area contributed by atoms with E-state index in [4.69, 9.17) is 0 Å². The maximum atomic E-state index is 12.7. The molecule has 4 nitrogen and oxygen atoms in total. The van der Waals surface area contributed by atoms with Crippen LogP contribution in [0.25, 0.3) is 0 Å². The van der Waals surface area contributed by atoms with Crippen LogP contribution in [0.3, 0.4) is 0 Å². The molecule has 0 aliphatic rings. The summed E-state index contributed by atoms with van der Waals surface area (Å²) in [6.45, 7) is -0.377. The van der Waals surface area contributed by atoms with Crippen molar-refractivity contribution in [1.82, 2.24) is 0 Å². The number of hydrogen-bond acceptors (Lipinski definition) is 4. The molecule has 0 amide bonds. The number of benzene rings is 2. The van der Waals surface area contributed by atoms with E-state index < -0.39 is 36.8 Å². The van der Waals surface area contributed by atoms with Gasteiger partial charge in [0.1, 0.15) is 0 Å². The number of carbonyl (C=O) groups excluding carboxylic acids is 2. The lowest BCUT2D eigenvalue weighted by Crippen LogP contribution is -2.26. The topological polar surface area (TPSA) is 58.9 Å². The predicted molar refractivity (Wildman–Crippen MR) is 107 cm³/mol. The molecule has 0 heterocycles. The number of halogens is 6.